The van der Waals surface area contributed by atoms with Gasteiger partial charge in [-0.2, -0.15) is 0 Å². The predicted octanol–water partition coefficient (Wildman–Crippen LogP) is 4.69. The molecule has 0 aliphatic carbocycles. The van der Waals surface area contributed by atoms with Crippen LogP contribution in [0.3, 0.4) is 0 Å². The molecule has 0 atom stereocenters. The minimum atomic E-state index is -4.23. The van der Waals surface area contributed by atoms with Crippen LogP contribution < -0.4 is 14.9 Å². The van der Waals surface area contributed by atoms with Crippen molar-refractivity contribution >= 4 is 32.3 Å². The minimum absolute atomic E-state index is 0.137. The van der Waals surface area contributed by atoms with Gasteiger partial charge in [0, 0.05) is 23.8 Å². The van der Waals surface area contributed by atoms with Gasteiger partial charge in [-0.3, -0.25) is 4.79 Å². The highest BCUT2D eigenvalue weighted by molar-refractivity contribution is 7.91. The topological polar surface area (TPSA) is 74.6 Å². The van der Waals surface area contributed by atoms with Gasteiger partial charge < -0.3 is 14.0 Å². The molecule has 6 nitrogen and oxygen atoms in total. The Morgan fingerprint density at radius 2 is 1.64 bits per heavy atom. The van der Waals surface area contributed by atoms with E-state index >= 15 is 0 Å². The van der Waals surface area contributed by atoms with E-state index in [0.717, 1.165) is 29.8 Å². The van der Waals surface area contributed by atoms with Crippen molar-refractivity contribution < 1.29 is 22.3 Å². The number of aromatic nitrogens is 1. The Bertz CT molecular complexity index is 1510. The molecule has 0 aliphatic rings. The highest BCUT2D eigenvalue weighted by atomic mass is 35.5. The Morgan fingerprint density at radius 3 is 2.27 bits per heavy atom. The van der Waals surface area contributed by atoms with Crippen LogP contribution in [-0.4, -0.2) is 27.2 Å². The van der Waals surface area contributed by atoms with Crippen molar-refractivity contribution in [2.45, 2.75) is 16.3 Å². The van der Waals surface area contributed by atoms with Crippen molar-refractivity contribution in [1.82, 2.24) is 4.57 Å². The molecule has 0 unspecified atom stereocenters. The third kappa shape index (κ3) is 4.31. The van der Waals surface area contributed by atoms with Crippen molar-refractivity contribution in [1.29, 1.82) is 0 Å². The van der Waals surface area contributed by atoms with E-state index in [0.29, 0.717) is 16.3 Å². The molecule has 4 aromatic rings. The van der Waals surface area contributed by atoms with Crippen molar-refractivity contribution in [3.05, 3.63) is 93.5 Å². The van der Waals surface area contributed by atoms with E-state index < -0.39 is 26.0 Å². The lowest BCUT2D eigenvalue weighted by atomic mass is 10.1. The fourth-order valence-corrected chi connectivity index (χ4v) is 5.17. The number of pyridine rings is 1. The van der Waals surface area contributed by atoms with Crippen molar-refractivity contribution in [3.63, 3.8) is 0 Å². The molecule has 0 saturated heterocycles. The number of nitrogens with zero attached hydrogens (tertiary/aromatic N) is 1. The molecule has 1 aromatic heterocycles. The molecule has 0 N–H and O–H groups in total. The lowest BCUT2D eigenvalue weighted by Crippen LogP contribution is -2.20. The molecule has 0 bridgehead atoms. The molecule has 0 fully saturated rings. The van der Waals surface area contributed by atoms with E-state index in [1.54, 1.807) is 28.8 Å². The van der Waals surface area contributed by atoms with E-state index in [2.05, 4.69) is 0 Å². The Kier molecular flexibility index (Phi) is 6.14. The summed E-state index contributed by atoms with van der Waals surface area (Å²) < 4.78 is 52.4. The smallest absolute Gasteiger partial charge is 0.211 e. The quantitative estimate of drug-likeness (QED) is 0.369. The highest BCUT2D eigenvalue weighted by Gasteiger charge is 2.25. The van der Waals surface area contributed by atoms with Crippen molar-refractivity contribution in [2.75, 3.05) is 14.2 Å². The number of hydrogen-bond donors (Lipinski definition) is 0. The third-order valence-electron chi connectivity index (χ3n) is 5.21. The number of benzene rings is 3. The molecule has 0 spiro atoms. The zero-order valence-corrected chi connectivity index (χ0v) is 19.3. The average molecular weight is 488 g/mol. The molecule has 33 heavy (non-hydrogen) atoms. The molecule has 1 heterocycles. The first-order valence-corrected chi connectivity index (χ1v) is 11.6. The van der Waals surface area contributed by atoms with Crippen LogP contribution in [0.2, 0.25) is 5.02 Å². The van der Waals surface area contributed by atoms with Gasteiger partial charge in [-0.05, 0) is 48.0 Å². The number of rotatable bonds is 6. The maximum absolute atomic E-state index is 13.4. The zero-order chi connectivity index (χ0) is 23.8. The Labute approximate surface area is 194 Å². The molecule has 0 amide bonds. The monoisotopic (exact) mass is 487 g/mol. The van der Waals surface area contributed by atoms with Crippen LogP contribution in [0.15, 0.2) is 81.4 Å². The van der Waals surface area contributed by atoms with E-state index in [9.17, 15) is 17.6 Å². The van der Waals surface area contributed by atoms with Crippen LogP contribution in [0.4, 0.5) is 4.39 Å². The largest absolute Gasteiger partial charge is 0.493 e. The maximum atomic E-state index is 13.4. The Balaban J connectivity index is 2.02. The van der Waals surface area contributed by atoms with Crippen LogP contribution in [0.5, 0.6) is 11.5 Å². The first-order chi connectivity index (χ1) is 15.7. The first kappa shape index (κ1) is 22.8. The number of methoxy groups -OCH3 is 2. The van der Waals surface area contributed by atoms with E-state index in [1.807, 2.05) is 6.07 Å². The molecule has 9 heteroatoms. The van der Waals surface area contributed by atoms with Crippen molar-refractivity contribution in [2.24, 2.45) is 0 Å². The van der Waals surface area contributed by atoms with Gasteiger partial charge in [0.2, 0.25) is 15.3 Å². The van der Waals surface area contributed by atoms with Gasteiger partial charge in [-0.15, -0.1) is 0 Å². The van der Waals surface area contributed by atoms with E-state index in [4.69, 9.17) is 21.1 Å². The van der Waals surface area contributed by atoms with Crippen LogP contribution in [0, 0.1) is 5.82 Å². The Morgan fingerprint density at radius 1 is 0.970 bits per heavy atom. The summed E-state index contributed by atoms with van der Waals surface area (Å²) in [6.45, 7) is 0.235. The predicted molar refractivity (Wildman–Crippen MR) is 124 cm³/mol. The van der Waals surface area contributed by atoms with Gasteiger partial charge in [-0.25, -0.2) is 12.8 Å². The van der Waals surface area contributed by atoms with Crippen LogP contribution in [0.25, 0.3) is 10.9 Å². The minimum Gasteiger partial charge on any atom is -0.493 e. The number of ether oxygens (including phenoxy) is 2. The summed E-state index contributed by atoms with van der Waals surface area (Å²) in [5.41, 5.74) is 0.556. The average Bonchev–Trinajstić information content (AvgIpc) is 2.80. The molecule has 170 valence electrons. The number of hydrogen-bond acceptors (Lipinski definition) is 5. The molecule has 0 aliphatic heterocycles. The molecule has 4 rings (SSSR count). The normalized spacial score (nSPS) is 11.5. The SMILES string of the molecule is COc1cc2c(=O)c(S(=O)(=O)c3ccc(F)cc3)cn(Cc3cccc(Cl)c3)c2cc1OC. The van der Waals surface area contributed by atoms with Gasteiger partial charge in [0.15, 0.2) is 11.5 Å². The van der Waals surface area contributed by atoms with Crippen molar-refractivity contribution in [3.8, 4) is 11.5 Å². The van der Waals surface area contributed by atoms with E-state index in [1.165, 1.54) is 26.5 Å². The van der Waals surface area contributed by atoms with Crippen LogP contribution in [-0.2, 0) is 16.4 Å². The Hall–Kier alpha value is -3.36. The fraction of sp³-hybridized carbons (Fsp3) is 0.125. The lowest BCUT2D eigenvalue weighted by Gasteiger charge is -2.16. The summed E-state index contributed by atoms with van der Waals surface area (Å²) in [5.74, 6) is 0.0915. The van der Waals surface area contributed by atoms with Gasteiger partial charge in [-0.1, -0.05) is 23.7 Å². The summed E-state index contributed by atoms with van der Waals surface area (Å²) in [6.07, 6.45) is 1.29. The summed E-state index contributed by atoms with van der Waals surface area (Å²) in [5, 5.41) is 0.661. The second-order valence-electron chi connectivity index (χ2n) is 7.26. The van der Waals surface area contributed by atoms with Gasteiger partial charge in [0.05, 0.1) is 30.0 Å². The standard InChI is InChI=1S/C24H19ClFNO5S/c1-31-21-11-19-20(12-22(21)32-2)27(13-15-4-3-5-16(25)10-15)14-23(24(19)28)33(29,30)18-8-6-17(26)7-9-18/h3-12,14H,13H2,1-2H3. The molecule has 0 saturated carbocycles. The molecular formula is C24H19ClFNO5S. The summed E-state index contributed by atoms with van der Waals surface area (Å²) in [4.78, 5) is 12.7. The maximum Gasteiger partial charge on any atom is 0.211 e. The fourth-order valence-electron chi connectivity index (χ4n) is 3.59. The van der Waals surface area contributed by atoms with Crippen LogP contribution in [0.1, 0.15) is 5.56 Å². The van der Waals surface area contributed by atoms with Gasteiger partial charge >= 0.3 is 0 Å². The van der Waals surface area contributed by atoms with Crippen LogP contribution >= 0.6 is 11.6 Å². The number of fused-ring (bicyclic) bond motifs is 1. The first-order valence-electron chi connectivity index (χ1n) is 9.79. The van der Waals surface area contributed by atoms with Gasteiger partial charge in [0.25, 0.3) is 0 Å². The molecular weight excluding hydrogens is 469 g/mol. The second kappa shape index (κ2) is 8.88. The number of halogens is 2. The summed E-state index contributed by atoms with van der Waals surface area (Å²) >= 11 is 6.12. The second-order valence-corrected chi connectivity index (χ2v) is 9.62. The van der Waals surface area contributed by atoms with E-state index in [-0.39, 0.29) is 22.6 Å². The third-order valence-corrected chi connectivity index (χ3v) is 7.21. The molecule has 3 aromatic carbocycles. The summed E-state index contributed by atoms with van der Waals surface area (Å²) in [6, 6.07) is 14.5. The highest BCUT2D eigenvalue weighted by Crippen LogP contribution is 2.32. The zero-order valence-electron chi connectivity index (χ0n) is 17.7. The summed E-state index contributed by atoms with van der Waals surface area (Å²) in [7, 11) is -1.34. The van der Waals surface area contributed by atoms with Gasteiger partial charge in [0.1, 0.15) is 10.7 Å². The molecule has 0 radical (unpaired) electrons. The number of sulfone groups is 1. The lowest BCUT2D eigenvalue weighted by molar-refractivity contribution is 0.355.